The van der Waals surface area contributed by atoms with Crippen LogP contribution < -0.4 is 5.32 Å². The Balaban J connectivity index is 1.59. The average molecular weight is 364 g/mol. The van der Waals surface area contributed by atoms with E-state index in [-0.39, 0.29) is 30.8 Å². The van der Waals surface area contributed by atoms with Crippen LogP contribution in [0.15, 0.2) is 49.2 Å². The summed E-state index contributed by atoms with van der Waals surface area (Å²) in [5, 5.41) is 2.65. The molecule has 1 aliphatic heterocycles. The van der Waals surface area contributed by atoms with Crippen LogP contribution in [0.1, 0.15) is 21.5 Å². The monoisotopic (exact) mass is 364 g/mol. The molecule has 2 aromatic rings. The minimum absolute atomic E-state index is 0.143. The fourth-order valence-corrected chi connectivity index (χ4v) is 2.85. The summed E-state index contributed by atoms with van der Waals surface area (Å²) in [6.07, 6.45) is 1.60. The van der Waals surface area contributed by atoms with Crippen LogP contribution in [0.5, 0.6) is 0 Å². The van der Waals surface area contributed by atoms with Crippen molar-refractivity contribution in [2.24, 2.45) is 0 Å². The molecule has 0 aliphatic carbocycles. The molecule has 3 amide bonds. The summed E-state index contributed by atoms with van der Waals surface area (Å²) in [6.45, 7) is 5.49. The van der Waals surface area contributed by atoms with E-state index in [1.54, 1.807) is 30.5 Å². The first-order valence-corrected chi connectivity index (χ1v) is 8.43. The molecule has 0 saturated heterocycles. The van der Waals surface area contributed by atoms with E-state index >= 15 is 0 Å². The van der Waals surface area contributed by atoms with Crippen molar-refractivity contribution in [1.82, 2.24) is 14.8 Å². The van der Waals surface area contributed by atoms with Crippen molar-refractivity contribution in [3.8, 4) is 0 Å². The molecule has 0 unspecified atom stereocenters. The molecule has 7 nitrogen and oxygen atoms in total. The first-order valence-electron chi connectivity index (χ1n) is 8.43. The van der Waals surface area contributed by atoms with Crippen molar-refractivity contribution >= 4 is 29.2 Å². The summed E-state index contributed by atoms with van der Waals surface area (Å²) < 4.78 is 0. The minimum Gasteiger partial charge on any atom is -0.335 e. The number of likely N-dealkylation sites (N-methyl/N-ethyl adjacent to an activating group) is 1. The third-order valence-electron chi connectivity index (χ3n) is 4.32. The third-order valence-corrected chi connectivity index (χ3v) is 4.32. The molecule has 1 aromatic carbocycles. The zero-order valence-electron chi connectivity index (χ0n) is 15.2. The first-order chi connectivity index (χ1) is 12.9. The number of carbonyl (C=O) groups excluding carboxylic acids is 3. The van der Waals surface area contributed by atoms with Crippen LogP contribution in [-0.4, -0.2) is 52.6 Å². The summed E-state index contributed by atoms with van der Waals surface area (Å²) in [4.78, 5) is 43.8. The van der Waals surface area contributed by atoms with Gasteiger partial charge in [-0.15, -0.1) is 0 Å². The lowest BCUT2D eigenvalue weighted by molar-refractivity contribution is -0.133. The molecule has 0 saturated carbocycles. The maximum atomic E-state index is 12.5. The number of benzene rings is 1. The van der Waals surface area contributed by atoms with Gasteiger partial charge in [-0.1, -0.05) is 24.8 Å². The van der Waals surface area contributed by atoms with Crippen molar-refractivity contribution in [3.63, 3.8) is 0 Å². The molecule has 138 valence electrons. The summed E-state index contributed by atoms with van der Waals surface area (Å²) in [5.74, 6) is -0.548. The molecule has 27 heavy (non-hydrogen) atoms. The van der Waals surface area contributed by atoms with Crippen LogP contribution in [0.25, 0.3) is 5.70 Å². The molecule has 0 fully saturated rings. The van der Waals surface area contributed by atoms with Gasteiger partial charge >= 0.3 is 0 Å². The van der Waals surface area contributed by atoms with Gasteiger partial charge in [0.15, 0.2) is 0 Å². The van der Waals surface area contributed by atoms with Gasteiger partial charge in [0.05, 0.1) is 6.54 Å². The smallest absolute Gasteiger partial charge is 0.259 e. The van der Waals surface area contributed by atoms with Gasteiger partial charge in [0.25, 0.3) is 5.91 Å². The standard InChI is InChI=1S/C20H20N4O3/c1-13-8-9-21-17(10-13)22-18(25)11-23(3)19(26)12-24-14(2)15-6-4-5-7-16(15)20(24)27/h4-10H,2,11-12H2,1,3H3,(H,21,22,25). The topological polar surface area (TPSA) is 82.6 Å². The van der Waals surface area contributed by atoms with E-state index in [9.17, 15) is 14.4 Å². The maximum Gasteiger partial charge on any atom is 0.259 e. The molecule has 0 radical (unpaired) electrons. The number of rotatable bonds is 5. The lowest BCUT2D eigenvalue weighted by atomic mass is 10.1. The number of amides is 3. The number of aryl methyl sites for hydroxylation is 1. The van der Waals surface area contributed by atoms with Crippen LogP contribution in [0, 0.1) is 6.92 Å². The Hall–Kier alpha value is -3.48. The maximum absolute atomic E-state index is 12.5. The number of hydrogen-bond acceptors (Lipinski definition) is 4. The first kappa shape index (κ1) is 18.3. The number of pyridine rings is 1. The van der Waals surface area contributed by atoms with E-state index in [1.807, 2.05) is 19.1 Å². The highest BCUT2D eigenvalue weighted by molar-refractivity contribution is 6.10. The fraction of sp³-hybridized carbons (Fsp3) is 0.200. The number of aromatic nitrogens is 1. The highest BCUT2D eigenvalue weighted by atomic mass is 16.2. The Morgan fingerprint density at radius 2 is 1.93 bits per heavy atom. The molecule has 2 heterocycles. The van der Waals surface area contributed by atoms with Gasteiger partial charge in [0.1, 0.15) is 12.4 Å². The van der Waals surface area contributed by atoms with Gasteiger partial charge in [-0.05, 0) is 30.7 Å². The molecule has 0 atom stereocenters. The molecule has 0 spiro atoms. The second kappa shape index (κ2) is 7.41. The number of nitrogens with one attached hydrogen (secondary N) is 1. The highest BCUT2D eigenvalue weighted by Gasteiger charge is 2.32. The normalized spacial score (nSPS) is 12.7. The van der Waals surface area contributed by atoms with Gasteiger partial charge in [-0.2, -0.15) is 0 Å². The van der Waals surface area contributed by atoms with Crippen molar-refractivity contribution in [1.29, 1.82) is 0 Å². The van der Waals surface area contributed by atoms with E-state index in [1.165, 1.54) is 16.8 Å². The average Bonchev–Trinajstić information content (AvgIpc) is 2.87. The number of nitrogens with zero attached hydrogens (tertiary/aromatic N) is 3. The second-order valence-corrected chi connectivity index (χ2v) is 6.40. The van der Waals surface area contributed by atoms with Gasteiger partial charge in [0.2, 0.25) is 11.8 Å². The van der Waals surface area contributed by atoms with Crippen LogP contribution in [0.3, 0.4) is 0 Å². The van der Waals surface area contributed by atoms with Crippen LogP contribution in [-0.2, 0) is 9.59 Å². The van der Waals surface area contributed by atoms with E-state index in [2.05, 4.69) is 16.9 Å². The Morgan fingerprint density at radius 1 is 1.22 bits per heavy atom. The lowest BCUT2D eigenvalue weighted by Crippen LogP contribution is -2.41. The molecule has 7 heteroatoms. The van der Waals surface area contributed by atoms with Crippen LogP contribution in [0.4, 0.5) is 5.82 Å². The summed E-state index contributed by atoms with van der Waals surface area (Å²) in [5.41, 5.74) is 2.71. The van der Waals surface area contributed by atoms with E-state index in [0.29, 0.717) is 17.1 Å². The zero-order chi connectivity index (χ0) is 19.6. The zero-order valence-corrected chi connectivity index (χ0v) is 15.2. The molecule has 3 rings (SSSR count). The molecular weight excluding hydrogens is 344 g/mol. The number of carbonyl (C=O) groups is 3. The number of hydrogen-bond donors (Lipinski definition) is 1. The van der Waals surface area contributed by atoms with E-state index in [4.69, 9.17) is 0 Å². The van der Waals surface area contributed by atoms with Crippen molar-refractivity contribution in [3.05, 3.63) is 65.9 Å². The van der Waals surface area contributed by atoms with E-state index < -0.39 is 0 Å². The van der Waals surface area contributed by atoms with Crippen LogP contribution >= 0.6 is 0 Å². The Morgan fingerprint density at radius 3 is 2.59 bits per heavy atom. The Bertz CT molecular complexity index is 903. The summed E-state index contributed by atoms with van der Waals surface area (Å²) in [7, 11) is 1.52. The fourth-order valence-electron chi connectivity index (χ4n) is 2.85. The summed E-state index contributed by atoms with van der Waals surface area (Å²) >= 11 is 0. The van der Waals surface area contributed by atoms with E-state index in [0.717, 1.165) is 11.1 Å². The van der Waals surface area contributed by atoms with Gasteiger partial charge in [-0.3, -0.25) is 19.3 Å². The molecule has 1 N–H and O–H groups in total. The number of anilines is 1. The van der Waals surface area contributed by atoms with Gasteiger partial charge in [0, 0.05) is 30.1 Å². The van der Waals surface area contributed by atoms with Crippen molar-refractivity contribution in [2.75, 3.05) is 25.5 Å². The molecule has 0 bridgehead atoms. The molecule has 1 aliphatic rings. The minimum atomic E-state index is -0.362. The third kappa shape index (κ3) is 3.87. The molecule has 1 aromatic heterocycles. The van der Waals surface area contributed by atoms with Crippen molar-refractivity contribution < 1.29 is 14.4 Å². The van der Waals surface area contributed by atoms with Gasteiger partial charge in [-0.25, -0.2) is 4.98 Å². The Kier molecular flexibility index (Phi) is 5.03. The predicted octanol–water partition coefficient (Wildman–Crippen LogP) is 1.91. The van der Waals surface area contributed by atoms with Crippen molar-refractivity contribution in [2.45, 2.75) is 6.92 Å². The quantitative estimate of drug-likeness (QED) is 0.879. The lowest BCUT2D eigenvalue weighted by Gasteiger charge is -2.22. The largest absolute Gasteiger partial charge is 0.335 e. The van der Waals surface area contributed by atoms with Gasteiger partial charge < -0.3 is 10.2 Å². The molecular formula is C20H20N4O3. The van der Waals surface area contributed by atoms with Crippen LogP contribution in [0.2, 0.25) is 0 Å². The summed E-state index contributed by atoms with van der Waals surface area (Å²) in [6, 6.07) is 10.7. The SMILES string of the molecule is C=C1c2ccccc2C(=O)N1CC(=O)N(C)CC(=O)Nc1cc(C)ccn1. The predicted molar refractivity (Wildman–Crippen MR) is 102 cm³/mol. The highest BCUT2D eigenvalue weighted by Crippen LogP contribution is 2.30. The number of fused-ring (bicyclic) bond motifs is 1. The Labute approximate surface area is 157 Å². The second-order valence-electron chi connectivity index (χ2n) is 6.40.